The van der Waals surface area contributed by atoms with Gasteiger partial charge in [-0.2, -0.15) is 0 Å². The molecular weight excluding hydrogens is 400 g/mol. The van der Waals surface area contributed by atoms with Gasteiger partial charge in [-0.3, -0.25) is 4.99 Å². The molecule has 7 nitrogen and oxygen atoms in total. The first kappa shape index (κ1) is 23.0. The summed E-state index contributed by atoms with van der Waals surface area (Å²) in [6.45, 7) is 8.79. The van der Waals surface area contributed by atoms with Gasteiger partial charge in [0.2, 0.25) is 0 Å². The highest BCUT2D eigenvalue weighted by molar-refractivity contribution is 6.30. The Morgan fingerprint density at radius 1 is 1.20 bits per heavy atom. The number of likely N-dealkylation sites (N-methyl/N-ethyl adjacent to an activating group) is 1. The number of nitrogens with one attached hydrogen (secondary N) is 2. The van der Waals surface area contributed by atoms with Crippen LogP contribution in [0.15, 0.2) is 23.2 Å². The molecule has 3 rings (SSSR count). The molecule has 2 aliphatic heterocycles. The Balaban J connectivity index is 1.37. The van der Waals surface area contributed by atoms with Gasteiger partial charge in [0.1, 0.15) is 5.75 Å². The fraction of sp³-hybridized carbons (Fsp3) is 0.682. The van der Waals surface area contributed by atoms with Crippen molar-refractivity contribution in [3.05, 3.63) is 23.2 Å². The molecule has 0 aliphatic carbocycles. The smallest absolute Gasteiger partial charge is 0.191 e. The first-order valence-corrected chi connectivity index (χ1v) is 11.4. The van der Waals surface area contributed by atoms with E-state index in [4.69, 9.17) is 16.3 Å². The van der Waals surface area contributed by atoms with Crippen molar-refractivity contribution < 1.29 is 4.74 Å². The standard InChI is InChI=1S/C22H37ClN6O/c1-24-22(25-9-4-5-10-28-14-12-27(2)13-15-28)26-19-8-11-29(17-19)20-16-18(23)6-7-21(20)30-3/h6-7,16,19H,4-5,8-15,17H2,1-3H3,(H2,24,25,26). The number of benzene rings is 1. The van der Waals surface area contributed by atoms with Crippen LogP contribution in [0.4, 0.5) is 5.69 Å². The highest BCUT2D eigenvalue weighted by Gasteiger charge is 2.25. The molecule has 0 bridgehead atoms. The lowest BCUT2D eigenvalue weighted by molar-refractivity contribution is 0.152. The van der Waals surface area contributed by atoms with E-state index >= 15 is 0 Å². The molecule has 0 saturated carbocycles. The second kappa shape index (κ2) is 11.6. The zero-order valence-electron chi connectivity index (χ0n) is 18.7. The van der Waals surface area contributed by atoms with Crippen LogP contribution in [-0.2, 0) is 0 Å². The van der Waals surface area contributed by atoms with Crippen molar-refractivity contribution in [1.82, 2.24) is 20.4 Å². The zero-order chi connectivity index (χ0) is 21.3. The van der Waals surface area contributed by atoms with E-state index in [9.17, 15) is 0 Å². The van der Waals surface area contributed by atoms with Gasteiger partial charge < -0.3 is 30.1 Å². The van der Waals surface area contributed by atoms with Gasteiger partial charge in [0, 0.05) is 63.9 Å². The van der Waals surface area contributed by atoms with Crippen molar-refractivity contribution in [3.8, 4) is 5.75 Å². The molecule has 8 heteroatoms. The number of rotatable bonds is 8. The van der Waals surface area contributed by atoms with Gasteiger partial charge in [0.15, 0.2) is 5.96 Å². The van der Waals surface area contributed by atoms with Crippen LogP contribution in [-0.4, -0.2) is 95.4 Å². The number of piperazine rings is 1. The van der Waals surface area contributed by atoms with Crippen LogP contribution >= 0.6 is 11.6 Å². The molecule has 1 atom stereocenters. The van der Waals surface area contributed by atoms with Crippen LogP contribution in [0.25, 0.3) is 0 Å². The number of methoxy groups -OCH3 is 1. The maximum absolute atomic E-state index is 6.20. The Morgan fingerprint density at radius 2 is 2.00 bits per heavy atom. The van der Waals surface area contributed by atoms with Gasteiger partial charge in [0.05, 0.1) is 12.8 Å². The molecule has 2 N–H and O–H groups in total. The number of hydrogen-bond donors (Lipinski definition) is 2. The highest BCUT2D eigenvalue weighted by atomic mass is 35.5. The summed E-state index contributed by atoms with van der Waals surface area (Å²) in [6, 6.07) is 6.13. The Morgan fingerprint density at radius 3 is 2.73 bits per heavy atom. The molecule has 2 saturated heterocycles. The third-order valence-electron chi connectivity index (χ3n) is 6.02. The van der Waals surface area contributed by atoms with Gasteiger partial charge in [-0.1, -0.05) is 11.6 Å². The van der Waals surface area contributed by atoms with E-state index in [0.717, 1.165) is 54.9 Å². The lowest BCUT2D eigenvalue weighted by Gasteiger charge is -2.32. The second-order valence-corrected chi connectivity index (χ2v) is 8.68. The quantitative estimate of drug-likeness (QED) is 0.370. The van der Waals surface area contributed by atoms with E-state index in [1.807, 2.05) is 25.2 Å². The zero-order valence-corrected chi connectivity index (χ0v) is 19.4. The molecule has 30 heavy (non-hydrogen) atoms. The number of hydrogen-bond acceptors (Lipinski definition) is 5. The monoisotopic (exact) mass is 436 g/mol. The minimum atomic E-state index is 0.352. The van der Waals surface area contributed by atoms with Crippen LogP contribution < -0.4 is 20.3 Å². The van der Waals surface area contributed by atoms with Crippen LogP contribution in [0.2, 0.25) is 5.02 Å². The van der Waals surface area contributed by atoms with Crippen LogP contribution in [0, 0.1) is 0 Å². The van der Waals surface area contributed by atoms with E-state index < -0.39 is 0 Å². The van der Waals surface area contributed by atoms with Gasteiger partial charge in [-0.15, -0.1) is 0 Å². The molecule has 0 radical (unpaired) electrons. The molecule has 1 aromatic carbocycles. The average molecular weight is 437 g/mol. The van der Waals surface area contributed by atoms with Crippen molar-refractivity contribution in [3.63, 3.8) is 0 Å². The molecule has 2 heterocycles. The van der Waals surface area contributed by atoms with Gasteiger partial charge in [0.25, 0.3) is 0 Å². The molecule has 0 aromatic heterocycles. The summed E-state index contributed by atoms with van der Waals surface area (Å²) in [5.74, 6) is 1.75. The number of nitrogens with zero attached hydrogens (tertiary/aromatic N) is 4. The lowest BCUT2D eigenvalue weighted by Crippen LogP contribution is -2.45. The Kier molecular flexibility index (Phi) is 8.90. The summed E-state index contributed by atoms with van der Waals surface area (Å²) in [7, 11) is 5.75. The van der Waals surface area contributed by atoms with Crippen LogP contribution in [0.1, 0.15) is 19.3 Å². The predicted octanol–water partition coefficient (Wildman–Crippen LogP) is 2.12. The SMILES string of the molecule is CN=C(NCCCCN1CCN(C)CC1)NC1CCN(c2cc(Cl)ccc2OC)C1. The maximum Gasteiger partial charge on any atom is 0.191 e. The largest absolute Gasteiger partial charge is 0.495 e. The first-order valence-electron chi connectivity index (χ1n) is 11.1. The molecule has 0 spiro atoms. The normalized spacial score (nSPS) is 21.1. The minimum absolute atomic E-state index is 0.352. The first-order chi connectivity index (χ1) is 14.6. The predicted molar refractivity (Wildman–Crippen MR) is 126 cm³/mol. The Bertz CT molecular complexity index is 692. The topological polar surface area (TPSA) is 55.4 Å². The molecule has 0 amide bonds. The van der Waals surface area contributed by atoms with Gasteiger partial charge in [-0.25, -0.2) is 0 Å². The maximum atomic E-state index is 6.20. The van der Waals surface area contributed by atoms with Crippen molar-refractivity contribution in [1.29, 1.82) is 0 Å². The van der Waals surface area contributed by atoms with Gasteiger partial charge >= 0.3 is 0 Å². The van der Waals surface area contributed by atoms with E-state index in [0.29, 0.717) is 6.04 Å². The van der Waals surface area contributed by atoms with E-state index in [1.165, 1.54) is 39.1 Å². The Hall–Kier alpha value is -1.70. The van der Waals surface area contributed by atoms with E-state index in [2.05, 4.69) is 37.4 Å². The van der Waals surface area contributed by atoms with Crippen molar-refractivity contribution >= 4 is 23.2 Å². The highest BCUT2D eigenvalue weighted by Crippen LogP contribution is 2.33. The summed E-state index contributed by atoms with van der Waals surface area (Å²) < 4.78 is 5.51. The summed E-state index contributed by atoms with van der Waals surface area (Å²) >= 11 is 6.20. The summed E-state index contributed by atoms with van der Waals surface area (Å²) in [6.07, 6.45) is 3.43. The van der Waals surface area contributed by atoms with Crippen LogP contribution in [0.5, 0.6) is 5.75 Å². The second-order valence-electron chi connectivity index (χ2n) is 8.24. The summed E-state index contributed by atoms with van der Waals surface area (Å²) in [5, 5.41) is 7.78. The van der Waals surface area contributed by atoms with Crippen molar-refractivity contribution in [2.45, 2.75) is 25.3 Å². The van der Waals surface area contributed by atoms with Crippen molar-refractivity contribution in [2.24, 2.45) is 4.99 Å². The van der Waals surface area contributed by atoms with E-state index in [-0.39, 0.29) is 0 Å². The van der Waals surface area contributed by atoms with Gasteiger partial charge in [-0.05, 0) is 51.1 Å². The molecule has 168 valence electrons. The number of unbranched alkanes of at least 4 members (excludes halogenated alkanes) is 1. The third kappa shape index (κ3) is 6.65. The minimum Gasteiger partial charge on any atom is -0.495 e. The fourth-order valence-corrected chi connectivity index (χ4v) is 4.30. The number of halogens is 1. The lowest BCUT2D eigenvalue weighted by atomic mass is 10.2. The Labute approximate surface area is 186 Å². The number of anilines is 1. The summed E-state index contributed by atoms with van der Waals surface area (Å²) in [4.78, 5) is 11.7. The third-order valence-corrected chi connectivity index (χ3v) is 6.26. The van der Waals surface area contributed by atoms with Crippen LogP contribution in [0.3, 0.4) is 0 Å². The molecule has 2 aliphatic rings. The van der Waals surface area contributed by atoms with Crippen molar-refractivity contribution in [2.75, 3.05) is 78.5 Å². The molecule has 1 unspecified atom stereocenters. The summed E-state index contributed by atoms with van der Waals surface area (Å²) in [5.41, 5.74) is 1.06. The number of guanidine groups is 1. The number of ether oxygens (including phenoxy) is 1. The molecular formula is C22H37ClN6O. The number of aliphatic imine (C=N–C) groups is 1. The fourth-order valence-electron chi connectivity index (χ4n) is 4.13. The molecule has 1 aromatic rings. The van der Waals surface area contributed by atoms with E-state index in [1.54, 1.807) is 7.11 Å². The molecule has 2 fully saturated rings. The average Bonchev–Trinajstić information content (AvgIpc) is 3.22.